The molecule has 0 saturated carbocycles. The monoisotopic (exact) mass is 396 g/mol. The van der Waals surface area contributed by atoms with E-state index in [9.17, 15) is 0 Å². The highest BCUT2D eigenvalue weighted by Crippen LogP contribution is 2.63. The molecule has 1 aromatic heterocycles. The molecule has 0 aliphatic heterocycles. The Morgan fingerprint density at radius 2 is 0.769 bits per heavy atom. The maximum Gasteiger partial charge on any atom is 0.0665 e. The van der Waals surface area contributed by atoms with Crippen molar-refractivity contribution in [1.82, 2.24) is 9.97 Å². The van der Waals surface area contributed by atoms with Gasteiger partial charge in [-0.25, -0.2) is 0 Å². The topological polar surface area (TPSA) is 25.8 Å². The van der Waals surface area contributed by atoms with E-state index in [1.165, 1.54) is 11.4 Å². The second-order valence-corrected chi connectivity index (χ2v) is 19.0. The Labute approximate surface area is 165 Å². The lowest BCUT2D eigenvalue weighted by atomic mass is 10.2. The smallest absolute Gasteiger partial charge is 0.0665 e. The Balaban J connectivity index is 3.26. The van der Waals surface area contributed by atoms with Crippen molar-refractivity contribution in [1.29, 1.82) is 0 Å². The van der Waals surface area contributed by atoms with E-state index in [1.54, 1.807) is 0 Å². The lowest BCUT2D eigenvalue weighted by Gasteiger charge is -2.43. The summed E-state index contributed by atoms with van der Waals surface area (Å²) in [6.07, 6.45) is 5.91. The Kier molecular flexibility index (Phi) is 7.49. The molecule has 150 valence electrons. The van der Waals surface area contributed by atoms with Gasteiger partial charge in [-0.05, 0) is 20.6 Å². The minimum atomic E-state index is -0.212. The summed E-state index contributed by atoms with van der Waals surface area (Å²) in [5.74, 6) is 0. The van der Waals surface area contributed by atoms with Crippen molar-refractivity contribution in [2.75, 3.05) is 0 Å². The summed E-state index contributed by atoms with van der Waals surface area (Å²) in [5.41, 5.74) is 2.48. The number of rotatable bonds is 4. The zero-order valence-electron chi connectivity index (χ0n) is 19.4. The predicted octanol–water partition coefficient (Wildman–Crippen LogP) is 7.63. The van der Waals surface area contributed by atoms with Gasteiger partial charge in [0, 0.05) is 24.7 Å². The largest absolute Gasteiger partial charge is 0.257 e. The van der Waals surface area contributed by atoms with Gasteiger partial charge in [-0.1, -0.05) is 98.9 Å². The van der Waals surface area contributed by atoms with Crippen molar-refractivity contribution in [3.05, 3.63) is 23.8 Å². The zero-order chi connectivity index (χ0) is 20.6. The van der Waals surface area contributed by atoms with Crippen LogP contribution in [0.25, 0.3) is 0 Å². The molecule has 0 atom stereocenters. The third-order valence-electron chi connectivity index (χ3n) is 4.72. The van der Waals surface area contributed by atoms with Crippen LogP contribution in [0.2, 0.25) is 0 Å². The van der Waals surface area contributed by atoms with Crippen molar-refractivity contribution in [3.8, 4) is 0 Å². The summed E-state index contributed by atoms with van der Waals surface area (Å²) in [7, 11) is -0.423. The first-order chi connectivity index (χ1) is 11.4. The summed E-state index contributed by atoms with van der Waals surface area (Å²) in [6.45, 7) is 28.6. The molecule has 1 aromatic rings. The normalized spacial score (nSPS) is 14.4. The molecule has 4 heteroatoms. The van der Waals surface area contributed by atoms with Gasteiger partial charge in [0.15, 0.2) is 0 Å². The molecule has 26 heavy (non-hydrogen) atoms. The standard InChI is InChI=1S/C22H42N2P2/c1-19(2,3)25(20(4,5)6)15-17-18(24-14-13-23-17)16-26(21(7,8)9)22(10,11)12/h13-14H,15-16H2,1-12H3. The Morgan fingerprint density at radius 3 is 0.962 bits per heavy atom. The molecule has 1 heterocycles. The van der Waals surface area contributed by atoms with E-state index in [-0.39, 0.29) is 15.8 Å². The lowest BCUT2D eigenvalue weighted by Crippen LogP contribution is -2.27. The molecule has 0 aromatic carbocycles. The van der Waals surface area contributed by atoms with E-state index in [1.807, 2.05) is 12.4 Å². The minimum Gasteiger partial charge on any atom is -0.257 e. The van der Waals surface area contributed by atoms with Crippen LogP contribution in [0, 0.1) is 0 Å². The van der Waals surface area contributed by atoms with Crippen LogP contribution in [-0.2, 0) is 12.3 Å². The van der Waals surface area contributed by atoms with Crippen LogP contribution in [0.15, 0.2) is 12.4 Å². The third kappa shape index (κ3) is 6.83. The predicted molar refractivity (Wildman–Crippen MR) is 122 cm³/mol. The fraction of sp³-hybridized carbons (Fsp3) is 0.818. The number of aromatic nitrogens is 2. The highest BCUT2D eigenvalue weighted by Gasteiger charge is 2.37. The van der Waals surface area contributed by atoms with E-state index in [0.29, 0.717) is 20.6 Å². The molecular weight excluding hydrogens is 354 g/mol. The fourth-order valence-electron chi connectivity index (χ4n) is 3.92. The van der Waals surface area contributed by atoms with Crippen molar-refractivity contribution < 1.29 is 0 Å². The molecule has 0 radical (unpaired) electrons. The first-order valence-electron chi connectivity index (χ1n) is 9.78. The molecule has 2 nitrogen and oxygen atoms in total. The average Bonchev–Trinajstić information content (AvgIpc) is 2.38. The zero-order valence-corrected chi connectivity index (χ0v) is 21.1. The molecular formula is C22H42N2P2. The number of nitrogens with zero attached hydrogens (tertiary/aromatic N) is 2. The lowest BCUT2D eigenvalue weighted by molar-refractivity contribution is 0.696. The van der Waals surface area contributed by atoms with Gasteiger partial charge in [0.25, 0.3) is 0 Å². The highest BCUT2D eigenvalue weighted by molar-refractivity contribution is 7.60. The second-order valence-electron chi connectivity index (χ2n) is 11.3. The average molecular weight is 397 g/mol. The molecule has 1 rings (SSSR count). The van der Waals surface area contributed by atoms with Gasteiger partial charge in [-0.15, -0.1) is 0 Å². The molecule has 0 bridgehead atoms. The van der Waals surface area contributed by atoms with Crippen LogP contribution in [0.4, 0.5) is 0 Å². The van der Waals surface area contributed by atoms with Crippen molar-refractivity contribution in [2.24, 2.45) is 0 Å². The first-order valence-corrected chi connectivity index (χ1v) is 12.8. The number of hydrogen-bond donors (Lipinski definition) is 0. The summed E-state index contributed by atoms with van der Waals surface area (Å²) in [6, 6.07) is 0. The van der Waals surface area contributed by atoms with Crippen LogP contribution < -0.4 is 0 Å². The van der Waals surface area contributed by atoms with Crippen molar-refractivity contribution in [2.45, 2.75) is 116 Å². The van der Waals surface area contributed by atoms with E-state index in [2.05, 4.69) is 83.1 Å². The van der Waals surface area contributed by atoms with Crippen LogP contribution >= 0.6 is 15.8 Å². The van der Waals surface area contributed by atoms with Crippen molar-refractivity contribution in [3.63, 3.8) is 0 Å². The summed E-state index contributed by atoms with van der Waals surface area (Å²) >= 11 is 0. The Morgan fingerprint density at radius 1 is 0.538 bits per heavy atom. The van der Waals surface area contributed by atoms with Crippen LogP contribution in [0.3, 0.4) is 0 Å². The Hall–Kier alpha value is -0.0600. The molecule has 0 saturated heterocycles. The minimum absolute atomic E-state index is 0.212. The van der Waals surface area contributed by atoms with E-state index >= 15 is 0 Å². The number of hydrogen-bond acceptors (Lipinski definition) is 2. The second kappa shape index (κ2) is 8.13. The molecule has 0 aliphatic rings. The van der Waals surface area contributed by atoms with Crippen LogP contribution in [-0.4, -0.2) is 30.6 Å². The summed E-state index contributed by atoms with van der Waals surface area (Å²) < 4.78 is 0. The molecule has 0 unspecified atom stereocenters. The van der Waals surface area contributed by atoms with Gasteiger partial charge >= 0.3 is 0 Å². The van der Waals surface area contributed by atoms with E-state index < -0.39 is 0 Å². The van der Waals surface area contributed by atoms with Gasteiger partial charge in [-0.2, -0.15) is 0 Å². The van der Waals surface area contributed by atoms with Crippen molar-refractivity contribution >= 4 is 15.8 Å². The molecule has 0 N–H and O–H groups in total. The summed E-state index contributed by atoms with van der Waals surface area (Å²) in [4.78, 5) is 9.65. The molecule has 0 amide bonds. The summed E-state index contributed by atoms with van der Waals surface area (Å²) in [5, 5.41) is 1.23. The quantitative estimate of drug-likeness (QED) is 0.489. The maximum atomic E-state index is 4.83. The van der Waals surface area contributed by atoms with Crippen LogP contribution in [0.5, 0.6) is 0 Å². The highest BCUT2D eigenvalue weighted by atomic mass is 31.1. The first kappa shape index (κ1) is 24.0. The van der Waals surface area contributed by atoms with Gasteiger partial charge in [0.1, 0.15) is 0 Å². The maximum absolute atomic E-state index is 4.83. The van der Waals surface area contributed by atoms with Gasteiger partial charge in [-0.3, -0.25) is 9.97 Å². The van der Waals surface area contributed by atoms with Gasteiger partial charge in [0.2, 0.25) is 0 Å². The van der Waals surface area contributed by atoms with E-state index in [4.69, 9.17) is 9.97 Å². The fourth-order valence-corrected chi connectivity index (χ4v) is 11.0. The van der Waals surface area contributed by atoms with Crippen LogP contribution in [0.1, 0.15) is 94.5 Å². The Bertz CT molecular complexity index is 503. The van der Waals surface area contributed by atoms with E-state index in [0.717, 1.165) is 12.3 Å². The third-order valence-corrected chi connectivity index (χ3v) is 12.4. The molecule has 0 aliphatic carbocycles. The SMILES string of the molecule is CC(C)(C)P(Cc1nccnc1CP(C(C)(C)C)C(C)(C)C)C(C)(C)C. The molecule has 0 spiro atoms. The van der Waals surface area contributed by atoms with Gasteiger partial charge in [0.05, 0.1) is 11.4 Å². The van der Waals surface area contributed by atoms with Gasteiger partial charge < -0.3 is 0 Å². The molecule has 0 fully saturated rings.